The van der Waals surface area contributed by atoms with Crippen molar-refractivity contribution >= 4 is 23.2 Å². The van der Waals surface area contributed by atoms with Crippen LogP contribution >= 0.6 is 23.2 Å². The van der Waals surface area contributed by atoms with Crippen LogP contribution in [0.3, 0.4) is 0 Å². The van der Waals surface area contributed by atoms with Crippen molar-refractivity contribution < 1.29 is 0 Å². The summed E-state index contributed by atoms with van der Waals surface area (Å²) in [5, 5.41) is 1.42. The second-order valence-electron chi connectivity index (χ2n) is 6.40. The minimum absolute atomic E-state index is 0.216. The average molecular weight is 370 g/mol. The molecule has 0 radical (unpaired) electrons. The summed E-state index contributed by atoms with van der Waals surface area (Å²) in [5.74, 6) is 0.950. The molecule has 1 aliphatic heterocycles. The third kappa shape index (κ3) is 3.28. The summed E-state index contributed by atoms with van der Waals surface area (Å²) >= 11 is 12.7. The molecule has 3 aromatic rings. The first-order valence-electron chi connectivity index (χ1n) is 8.15. The predicted octanol–water partition coefficient (Wildman–Crippen LogP) is 5.03. The van der Waals surface area contributed by atoms with Crippen molar-refractivity contribution in [3.8, 4) is 11.4 Å². The number of rotatable bonds is 2. The van der Waals surface area contributed by atoms with E-state index in [1.54, 1.807) is 12.4 Å². The minimum Gasteiger partial charge on any atom is -0.301 e. The second-order valence-corrected chi connectivity index (χ2v) is 7.25. The Hall–Kier alpha value is -1.94. The molecule has 2 aromatic carbocycles. The van der Waals surface area contributed by atoms with E-state index in [4.69, 9.17) is 23.2 Å². The minimum atomic E-state index is 0.216. The molecule has 0 bridgehead atoms. The molecule has 4 rings (SSSR count). The summed E-state index contributed by atoms with van der Waals surface area (Å²) in [6.07, 6.45) is 3.52. The first kappa shape index (κ1) is 16.5. The highest BCUT2D eigenvalue weighted by molar-refractivity contribution is 6.35. The van der Waals surface area contributed by atoms with Crippen molar-refractivity contribution in [3.63, 3.8) is 0 Å². The van der Waals surface area contributed by atoms with E-state index in [2.05, 4.69) is 40.1 Å². The zero-order chi connectivity index (χ0) is 17.4. The van der Waals surface area contributed by atoms with Gasteiger partial charge in [0, 0.05) is 47.0 Å². The van der Waals surface area contributed by atoms with Gasteiger partial charge in [-0.25, -0.2) is 9.97 Å². The van der Waals surface area contributed by atoms with Crippen molar-refractivity contribution in [1.29, 1.82) is 0 Å². The van der Waals surface area contributed by atoms with Gasteiger partial charge in [-0.05, 0) is 48.0 Å². The fourth-order valence-corrected chi connectivity index (χ4v) is 4.04. The maximum atomic E-state index is 6.46. The van der Waals surface area contributed by atoms with Gasteiger partial charge in [0.15, 0.2) is 5.82 Å². The van der Waals surface area contributed by atoms with Crippen molar-refractivity contribution in [2.24, 2.45) is 0 Å². The highest BCUT2D eigenvalue weighted by Gasteiger charge is 2.27. The molecule has 1 aliphatic rings. The third-order valence-electron chi connectivity index (χ3n) is 4.61. The summed E-state index contributed by atoms with van der Waals surface area (Å²) in [5.41, 5.74) is 4.60. The maximum Gasteiger partial charge on any atom is 0.159 e. The van der Waals surface area contributed by atoms with Gasteiger partial charge in [-0.3, -0.25) is 0 Å². The van der Waals surface area contributed by atoms with E-state index in [-0.39, 0.29) is 5.92 Å². The van der Waals surface area contributed by atoms with Crippen LogP contribution in [0.2, 0.25) is 10.0 Å². The van der Waals surface area contributed by atoms with Crippen LogP contribution in [0, 0.1) is 0 Å². The largest absolute Gasteiger partial charge is 0.301 e. The zero-order valence-corrected chi connectivity index (χ0v) is 15.3. The monoisotopic (exact) mass is 369 g/mol. The maximum absolute atomic E-state index is 6.46. The summed E-state index contributed by atoms with van der Waals surface area (Å²) < 4.78 is 0. The smallest absolute Gasteiger partial charge is 0.159 e. The Morgan fingerprint density at radius 1 is 1.04 bits per heavy atom. The van der Waals surface area contributed by atoms with E-state index in [1.165, 1.54) is 11.1 Å². The van der Waals surface area contributed by atoms with Crippen LogP contribution in [0.25, 0.3) is 11.4 Å². The van der Waals surface area contributed by atoms with Gasteiger partial charge in [0.25, 0.3) is 0 Å². The first-order chi connectivity index (χ1) is 12.1. The molecule has 0 spiro atoms. The Morgan fingerprint density at radius 3 is 2.64 bits per heavy atom. The Bertz CT molecular complexity index is 912. The lowest BCUT2D eigenvalue weighted by Crippen LogP contribution is -2.31. The van der Waals surface area contributed by atoms with E-state index in [1.807, 2.05) is 24.3 Å². The van der Waals surface area contributed by atoms with Crippen molar-refractivity contribution in [1.82, 2.24) is 14.9 Å². The number of hydrogen-bond donors (Lipinski definition) is 0. The Balaban J connectivity index is 1.81. The fourth-order valence-electron chi connectivity index (χ4n) is 3.47. The number of likely N-dealkylation sites (N-methyl/N-ethyl adjacent to an activating group) is 1. The highest BCUT2D eigenvalue weighted by Crippen LogP contribution is 2.39. The van der Waals surface area contributed by atoms with Gasteiger partial charge in [-0.2, -0.15) is 0 Å². The van der Waals surface area contributed by atoms with E-state index in [0.717, 1.165) is 35.1 Å². The molecule has 5 heteroatoms. The Labute approximate surface area is 157 Å². The van der Waals surface area contributed by atoms with Crippen LogP contribution in [0.1, 0.15) is 22.6 Å². The molecule has 0 unspecified atom stereocenters. The van der Waals surface area contributed by atoms with Crippen LogP contribution in [0.5, 0.6) is 0 Å². The topological polar surface area (TPSA) is 29.0 Å². The van der Waals surface area contributed by atoms with Gasteiger partial charge < -0.3 is 4.90 Å². The molecule has 0 aliphatic carbocycles. The van der Waals surface area contributed by atoms with Crippen LogP contribution in [0.15, 0.2) is 54.9 Å². The summed E-state index contributed by atoms with van der Waals surface area (Å²) in [6, 6.07) is 14.1. The van der Waals surface area contributed by atoms with E-state index >= 15 is 0 Å². The molecule has 0 N–H and O–H groups in total. The number of aromatic nitrogens is 2. The molecule has 0 saturated carbocycles. The average Bonchev–Trinajstić information content (AvgIpc) is 2.63. The number of fused-ring (bicyclic) bond motifs is 1. The van der Waals surface area contributed by atoms with Crippen LogP contribution in [-0.4, -0.2) is 28.5 Å². The summed E-state index contributed by atoms with van der Waals surface area (Å²) in [6.45, 7) is 1.76. The molecular formula is C20H17Cl2N3. The number of hydrogen-bond acceptors (Lipinski definition) is 3. The number of halogens is 2. The van der Waals surface area contributed by atoms with Crippen LogP contribution < -0.4 is 0 Å². The lowest BCUT2D eigenvalue weighted by atomic mass is 9.84. The van der Waals surface area contributed by atoms with Gasteiger partial charge in [-0.15, -0.1) is 0 Å². The normalized spacial score (nSPS) is 17.3. The standard InChI is InChI=1S/C20H17Cl2N3/c1-25-11-17(16-9-15(21)10-19(22)18(16)12-25)13-4-2-5-14(8-13)20-23-6-3-7-24-20/h2-10,17H,11-12H2,1H3/t17-/m0/s1. The molecule has 126 valence electrons. The molecule has 0 saturated heterocycles. The zero-order valence-electron chi connectivity index (χ0n) is 13.8. The SMILES string of the molecule is CN1Cc2c(Cl)cc(Cl)cc2[C@H](c2cccc(-c3ncccn3)c2)C1. The highest BCUT2D eigenvalue weighted by atomic mass is 35.5. The first-order valence-corrected chi connectivity index (χ1v) is 8.91. The third-order valence-corrected chi connectivity index (χ3v) is 5.16. The van der Waals surface area contributed by atoms with Crippen molar-refractivity contribution in [2.45, 2.75) is 12.5 Å². The molecule has 0 amide bonds. The summed E-state index contributed by atoms with van der Waals surface area (Å²) in [7, 11) is 2.12. The second kappa shape index (κ2) is 6.75. The van der Waals surface area contributed by atoms with Gasteiger partial charge in [0.1, 0.15) is 0 Å². The molecule has 2 heterocycles. The van der Waals surface area contributed by atoms with E-state index < -0.39 is 0 Å². The van der Waals surface area contributed by atoms with Gasteiger partial charge >= 0.3 is 0 Å². The summed E-state index contributed by atoms with van der Waals surface area (Å²) in [4.78, 5) is 11.0. The quantitative estimate of drug-likeness (QED) is 0.634. The molecule has 3 nitrogen and oxygen atoms in total. The predicted molar refractivity (Wildman–Crippen MR) is 102 cm³/mol. The number of nitrogens with zero attached hydrogens (tertiary/aromatic N) is 3. The molecule has 1 atom stereocenters. The van der Waals surface area contributed by atoms with Gasteiger partial charge in [-0.1, -0.05) is 41.4 Å². The van der Waals surface area contributed by atoms with E-state index in [0.29, 0.717) is 5.02 Å². The fraction of sp³-hybridized carbons (Fsp3) is 0.200. The van der Waals surface area contributed by atoms with Gasteiger partial charge in [0.05, 0.1) is 0 Å². The van der Waals surface area contributed by atoms with Crippen molar-refractivity contribution in [3.05, 3.63) is 81.6 Å². The van der Waals surface area contributed by atoms with Crippen LogP contribution in [-0.2, 0) is 6.54 Å². The van der Waals surface area contributed by atoms with Gasteiger partial charge in [0.2, 0.25) is 0 Å². The van der Waals surface area contributed by atoms with E-state index in [9.17, 15) is 0 Å². The number of benzene rings is 2. The lowest BCUT2D eigenvalue weighted by molar-refractivity contribution is 0.295. The molecular weight excluding hydrogens is 353 g/mol. The molecule has 1 aromatic heterocycles. The Morgan fingerprint density at radius 2 is 1.84 bits per heavy atom. The molecule has 0 fully saturated rings. The van der Waals surface area contributed by atoms with Crippen LogP contribution in [0.4, 0.5) is 0 Å². The molecule has 25 heavy (non-hydrogen) atoms. The lowest BCUT2D eigenvalue weighted by Gasteiger charge is -2.33. The van der Waals surface area contributed by atoms with Crippen molar-refractivity contribution in [2.75, 3.05) is 13.6 Å². The Kier molecular flexibility index (Phi) is 4.46.